The number of sulfone groups is 1. The van der Waals surface area contributed by atoms with Crippen molar-refractivity contribution in [3.63, 3.8) is 0 Å². The number of piperidine rings is 1. The number of aromatic nitrogens is 2. The van der Waals surface area contributed by atoms with Crippen molar-refractivity contribution in [3.8, 4) is 0 Å². The van der Waals surface area contributed by atoms with Gasteiger partial charge in [0.05, 0.1) is 28.9 Å². The molecule has 1 amide bonds. The molecule has 1 saturated heterocycles. The number of nitrogens with one attached hydrogen (secondary N) is 1. The highest BCUT2D eigenvalue weighted by molar-refractivity contribution is 7.91. The van der Waals surface area contributed by atoms with Crippen LogP contribution in [-0.4, -0.2) is 47.5 Å². The van der Waals surface area contributed by atoms with Crippen LogP contribution in [0, 0.1) is 0 Å². The number of aromatic amines is 1. The van der Waals surface area contributed by atoms with Gasteiger partial charge in [-0.15, -0.1) is 0 Å². The Morgan fingerprint density at radius 2 is 2.08 bits per heavy atom. The van der Waals surface area contributed by atoms with Crippen LogP contribution in [0.2, 0.25) is 0 Å². The third-order valence-corrected chi connectivity index (χ3v) is 7.00. The summed E-state index contributed by atoms with van der Waals surface area (Å²) < 4.78 is 30.2. The number of furan rings is 1. The second-order valence-electron chi connectivity index (χ2n) is 6.51. The minimum Gasteiger partial charge on any atom is -0.468 e. The lowest BCUT2D eigenvalue weighted by molar-refractivity contribution is 0.0725. The lowest BCUT2D eigenvalue weighted by Gasteiger charge is -2.31. The summed E-state index contributed by atoms with van der Waals surface area (Å²) in [5, 5.41) is -0.438. The number of nitrogens with zero attached hydrogens (tertiary/aromatic N) is 2. The summed E-state index contributed by atoms with van der Waals surface area (Å²) in [6.07, 6.45) is 3.96. The van der Waals surface area contributed by atoms with Crippen LogP contribution in [0.1, 0.15) is 29.0 Å². The quantitative estimate of drug-likeness (QED) is 0.757. The Kier molecular flexibility index (Phi) is 4.28. The van der Waals surface area contributed by atoms with Gasteiger partial charge < -0.3 is 14.3 Å². The normalized spacial score (nSPS) is 16.2. The predicted molar refractivity (Wildman–Crippen MR) is 96.4 cm³/mol. The van der Waals surface area contributed by atoms with E-state index in [-0.39, 0.29) is 11.7 Å². The highest BCUT2D eigenvalue weighted by Gasteiger charge is 2.32. The van der Waals surface area contributed by atoms with Crippen LogP contribution < -0.4 is 0 Å². The van der Waals surface area contributed by atoms with Crippen molar-refractivity contribution in [3.05, 3.63) is 54.2 Å². The molecule has 0 saturated carbocycles. The number of carbonyl (C=O) groups excluding carboxylic acids is 1. The summed E-state index contributed by atoms with van der Waals surface area (Å²) >= 11 is 0. The summed E-state index contributed by atoms with van der Waals surface area (Å²) in [5.41, 5.74) is 2.20. The lowest BCUT2D eigenvalue weighted by Crippen LogP contribution is -2.42. The van der Waals surface area contributed by atoms with Crippen molar-refractivity contribution in [1.29, 1.82) is 0 Å². The predicted octanol–water partition coefficient (Wildman–Crippen LogP) is 2.38. The molecule has 1 aliphatic heterocycles. The molecule has 2 aromatic heterocycles. The minimum atomic E-state index is -3.29. The number of amides is 1. The number of H-pyrrole nitrogens is 1. The second kappa shape index (κ2) is 6.60. The molecular weight excluding hydrogens is 354 g/mol. The summed E-state index contributed by atoms with van der Waals surface area (Å²) in [6.45, 7) is 0.865. The molecule has 0 atom stereocenters. The molecule has 0 radical (unpaired) electrons. The van der Waals surface area contributed by atoms with Gasteiger partial charge >= 0.3 is 0 Å². The highest BCUT2D eigenvalue weighted by atomic mass is 32.2. The largest absolute Gasteiger partial charge is 0.468 e. The van der Waals surface area contributed by atoms with E-state index in [0.717, 1.165) is 11.0 Å². The maximum absolute atomic E-state index is 12.7. The smallest absolute Gasteiger partial charge is 0.253 e. The number of hydrogen-bond donors (Lipinski definition) is 1. The van der Waals surface area contributed by atoms with Gasteiger partial charge in [-0.1, -0.05) is 0 Å². The molecule has 8 heteroatoms. The van der Waals surface area contributed by atoms with Gasteiger partial charge in [-0.05, 0) is 43.2 Å². The number of likely N-dealkylation sites (tertiary alicyclic amines) is 1. The van der Waals surface area contributed by atoms with Gasteiger partial charge in [0.2, 0.25) is 0 Å². The topological polar surface area (TPSA) is 96.3 Å². The van der Waals surface area contributed by atoms with Crippen LogP contribution in [0.15, 0.2) is 47.3 Å². The number of imidazole rings is 1. The molecule has 26 heavy (non-hydrogen) atoms. The Bertz CT molecular complexity index is 1020. The molecule has 7 nitrogen and oxygen atoms in total. The van der Waals surface area contributed by atoms with Crippen LogP contribution in [0.25, 0.3) is 11.0 Å². The Hall–Kier alpha value is -2.61. The molecule has 0 spiro atoms. The fourth-order valence-electron chi connectivity index (χ4n) is 3.38. The summed E-state index contributed by atoms with van der Waals surface area (Å²) in [5.74, 6) is 0.287. The standard InChI is InChI=1S/C18H19N3O4S/c22-18(13-3-4-16-17(10-13)20-12-19-16)21-7-5-15(6-8-21)26(23,24)11-14-2-1-9-25-14/h1-4,9-10,12,15H,5-8,11H2,(H,19,20). The average molecular weight is 373 g/mol. The van der Waals surface area contributed by atoms with Gasteiger partial charge in [-0.3, -0.25) is 4.79 Å². The fourth-order valence-corrected chi connectivity index (χ4v) is 5.11. The molecule has 1 aromatic carbocycles. The van der Waals surface area contributed by atoms with Crippen molar-refractivity contribution < 1.29 is 17.6 Å². The van der Waals surface area contributed by atoms with E-state index in [1.54, 1.807) is 41.6 Å². The van der Waals surface area contributed by atoms with E-state index in [0.29, 0.717) is 37.3 Å². The zero-order valence-electron chi connectivity index (χ0n) is 14.1. The Balaban J connectivity index is 1.42. The maximum Gasteiger partial charge on any atom is 0.253 e. The van der Waals surface area contributed by atoms with Crippen LogP contribution in [0.4, 0.5) is 0 Å². The molecule has 1 fully saturated rings. The minimum absolute atomic E-state index is 0.0802. The van der Waals surface area contributed by atoms with Crippen molar-refractivity contribution in [2.45, 2.75) is 23.8 Å². The number of hydrogen-bond acceptors (Lipinski definition) is 5. The lowest BCUT2D eigenvalue weighted by atomic mass is 10.1. The zero-order valence-corrected chi connectivity index (χ0v) is 14.9. The van der Waals surface area contributed by atoms with Gasteiger partial charge in [-0.25, -0.2) is 13.4 Å². The maximum atomic E-state index is 12.7. The zero-order chi connectivity index (χ0) is 18.1. The Labute approximate surface area is 150 Å². The first-order chi connectivity index (χ1) is 12.5. The summed E-state index contributed by atoms with van der Waals surface area (Å²) in [7, 11) is -3.29. The van der Waals surface area contributed by atoms with E-state index in [9.17, 15) is 13.2 Å². The van der Waals surface area contributed by atoms with Gasteiger partial charge in [0.1, 0.15) is 11.5 Å². The van der Waals surface area contributed by atoms with Crippen LogP contribution in [-0.2, 0) is 15.6 Å². The molecule has 0 aliphatic carbocycles. The Morgan fingerprint density at radius 1 is 1.27 bits per heavy atom. The van der Waals surface area contributed by atoms with E-state index in [4.69, 9.17) is 4.42 Å². The molecule has 0 bridgehead atoms. The second-order valence-corrected chi connectivity index (χ2v) is 8.79. The molecule has 3 aromatic rings. The number of benzene rings is 1. The van der Waals surface area contributed by atoms with Crippen LogP contribution in [0.3, 0.4) is 0 Å². The molecule has 1 N–H and O–H groups in total. The third kappa shape index (κ3) is 3.24. The fraction of sp³-hybridized carbons (Fsp3) is 0.333. The highest BCUT2D eigenvalue weighted by Crippen LogP contribution is 2.23. The summed E-state index contributed by atoms with van der Waals surface area (Å²) in [6, 6.07) is 8.69. The van der Waals surface area contributed by atoms with E-state index in [1.807, 2.05) is 0 Å². The first-order valence-corrected chi connectivity index (χ1v) is 10.2. The SMILES string of the molecule is O=C(c1ccc2nc[nH]c2c1)N1CCC(S(=O)(=O)Cc2ccco2)CC1. The number of rotatable bonds is 4. The van der Waals surface area contributed by atoms with Gasteiger partial charge in [0.15, 0.2) is 9.84 Å². The molecule has 0 unspecified atom stereocenters. The molecule has 4 rings (SSSR count). The van der Waals surface area contributed by atoms with Gasteiger partial charge in [0, 0.05) is 18.7 Å². The average Bonchev–Trinajstić information content (AvgIpc) is 3.31. The molecule has 3 heterocycles. The van der Waals surface area contributed by atoms with Crippen LogP contribution >= 0.6 is 0 Å². The van der Waals surface area contributed by atoms with Gasteiger partial charge in [0.25, 0.3) is 5.91 Å². The first kappa shape index (κ1) is 16.8. The number of fused-ring (bicyclic) bond motifs is 1. The van der Waals surface area contributed by atoms with E-state index in [2.05, 4.69) is 9.97 Å². The van der Waals surface area contributed by atoms with Gasteiger partial charge in [-0.2, -0.15) is 0 Å². The Morgan fingerprint density at radius 3 is 2.81 bits per heavy atom. The van der Waals surface area contributed by atoms with E-state index >= 15 is 0 Å². The summed E-state index contributed by atoms with van der Waals surface area (Å²) in [4.78, 5) is 21.6. The van der Waals surface area contributed by atoms with Crippen molar-refractivity contribution in [2.75, 3.05) is 13.1 Å². The van der Waals surface area contributed by atoms with E-state index in [1.165, 1.54) is 6.26 Å². The van der Waals surface area contributed by atoms with Crippen molar-refractivity contribution in [2.24, 2.45) is 0 Å². The molecule has 136 valence electrons. The monoisotopic (exact) mass is 373 g/mol. The van der Waals surface area contributed by atoms with Crippen LogP contribution in [0.5, 0.6) is 0 Å². The third-order valence-electron chi connectivity index (χ3n) is 4.83. The van der Waals surface area contributed by atoms with Crippen molar-refractivity contribution in [1.82, 2.24) is 14.9 Å². The molecular formula is C18H19N3O4S. The van der Waals surface area contributed by atoms with E-state index < -0.39 is 15.1 Å². The van der Waals surface area contributed by atoms with Crippen molar-refractivity contribution >= 4 is 26.8 Å². The number of carbonyl (C=O) groups is 1. The first-order valence-electron chi connectivity index (χ1n) is 8.49. The molecule has 1 aliphatic rings.